The van der Waals surface area contributed by atoms with Crippen LogP contribution in [0.2, 0.25) is 10.0 Å². The van der Waals surface area contributed by atoms with Gasteiger partial charge in [-0.05, 0) is 54.1 Å². The molecular formula is C27H20Cl2N4O3S2. The highest BCUT2D eigenvalue weighted by Gasteiger charge is 2.16. The maximum Gasteiger partial charge on any atom is 0.272 e. The van der Waals surface area contributed by atoms with Gasteiger partial charge in [0, 0.05) is 27.7 Å². The van der Waals surface area contributed by atoms with Gasteiger partial charge in [-0.15, -0.1) is 23.1 Å². The number of carbonyl (C=O) groups is 3. The molecule has 11 heteroatoms. The number of benzene rings is 3. The van der Waals surface area contributed by atoms with E-state index in [-0.39, 0.29) is 22.4 Å². The predicted molar refractivity (Wildman–Crippen MR) is 155 cm³/mol. The first-order chi connectivity index (χ1) is 18.4. The lowest BCUT2D eigenvalue weighted by atomic mass is 10.1. The Morgan fingerprint density at radius 3 is 2.39 bits per heavy atom. The van der Waals surface area contributed by atoms with E-state index >= 15 is 0 Å². The van der Waals surface area contributed by atoms with Crippen molar-refractivity contribution < 1.29 is 14.4 Å². The largest absolute Gasteiger partial charge is 0.321 e. The van der Waals surface area contributed by atoms with E-state index in [1.807, 2.05) is 0 Å². The molecule has 0 fully saturated rings. The summed E-state index contributed by atoms with van der Waals surface area (Å²) in [5.41, 5.74) is 1.35. The van der Waals surface area contributed by atoms with E-state index in [1.165, 1.54) is 29.2 Å². The molecule has 0 spiro atoms. The zero-order valence-corrected chi connectivity index (χ0v) is 22.8. The summed E-state index contributed by atoms with van der Waals surface area (Å²) in [4.78, 5) is 42.9. The molecule has 0 radical (unpaired) electrons. The van der Waals surface area contributed by atoms with Crippen LogP contribution in [0.5, 0.6) is 0 Å². The van der Waals surface area contributed by atoms with Crippen LogP contribution in [0.3, 0.4) is 0 Å². The van der Waals surface area contributed by atoms with Crippen LogP contribution in [0.4, 0.5) is 10.8 Å². The number of aromatic nitrogens is 1. The van der Waals surface area contributed by atoms with E-state index in [4.69, 9.17) is 23.2 Å². The maximum atomic E-state index is 13.2. The van der Waals surface area contributed by atoms with Crippen molar-refractivity contribution in [2.24, 2.45) is 0 Å². The SMILES string of the molecule is O=C(CSc1ccc(NC(=O)/C(=C/c2cccc(Cl)c2Cl)NC(=O)c2ccccc2)cc1)Nc1nccs1. The minimum atomic E-state index is -0.548. The molecular weight excluding hydrogens is 563 g/mol. The molecule has 0 saturated heterocycles. The van der Waals surface area contributed by atoms with Crippen LogP contribution in [0.1, 0.15) is 15.9 Å². The molecule has 0 aliphatic carbocycles. The monoisotopic (exact) mass is 582 g/mol. The lowest BCUT2D eigenvalue weighted by molar-refractivity contribution is -0.114. The summed E-state index contributed by atoms with van der Waals surface area (Å²) in [5, 5.41) is 11.1. The van der Waals surface area contributed by atoms with E-state index in [2.05, 4.69) is 20.9 Å². The van der Waals surface area contributed by atoms with Gasteiger partial charge in [0.05, 0.1) is 15.8 Å². The Kier molecular flexibility index (Phi) is 9.56. The minimum absolute atomic E-state index is 0.0136. The molecule has 4 aromatic rings. The number of nitrogens with zero attached hydrogens (tertiary/aromatic N) is 1. The molecule has 192 valence electrons. The molecule has 3 N–H and O–H groups in total. The van der Waals surface area contributed by atoms with Gasteiger partial charge in [0.1, 0.15) is 5.70 Å². The van der Waals surface area contributed by atoms with Crippen molar-refractivity contribution in [1.82, 2.24) is 10.3 Å². The van der Waals surface area contributed by atoms with E-state index in [0.717, 1.165) is 4.90 Å². The summed E-state index contributed by atoms with van der Waals surface area (Å²) in [6.45, 7) is 0. The average Bonchev–Trinajstić information content (AvgIpc) is 3.44. The summed E-state index contributed by atoms with van der Waals surface area (Å²) >= 11 is 15.1. The Balaban J connectivity index is 1.45. The van der Waals surface area contributed by atoms with Crippen LogP contribution in [0.15, 0.2) is 95.0 Å². The second-order valence-corrected chi connectivity index (χ2v) is 10.4. The second kappa shape index (κ2) is 13.3. The Morgan fingerprint density at radius 2 is 1.68 bits per heavy atom. The first-order valence-electron chi connectivity index (χ1n) is 11.1. The molecule has 3 aromatic carbocycles. The highest BCUT2D eigenvalue weighted by Crippen LogP contribution is 2.27. The highest BCUT2D eigenvalue weighted by atomic mass is 35.5. The number of anilines is 2. The minimum Gasteiger partial charge on any atom is -0.321 e. The summed E-state index contributed by atoms with van der Waals surface area (Å²) < 4.78 is 0. The number of thiazole rings is 1. The van der Waals surface area contributed by atoms with Gasteiger partial charge in [0.2, 0.25) is 5.91 Å². The van der Waals surface area contributed by atoms with Crippen molar-refractivity contribution in [2.45, 2.75) is 4.90 Å². The van der Waals surface area contributed by atoms with Crippen LogP contribution in [0, 0.1) is 0 Å². The third kappa shape index (κ3) is 7.69. The fourth-order valence-electron chi connectivity index (χ4n) is 3.15. The smallest absolute Gasteiger partial charge is 0.272 e. The number of hydrogen-bond donors (Lipinski definition) is 3. The Hall–Kier alpha value is -3.63. The molecule has 1 aromatic heterocycles. The topological polar surface area (TPSA) is 100 Å². The van der Waals surface area contributed by atoms with Crippen molar-refractivity contribution in [3.63, 3.8) is 0 Å². The number of carbonyl (C=O) groups excluding carboxylic acids is 3. The standard InChI is InChI=1S/C27H20Cl2N4O3S2/c28-21-8-4-7-18(24(21)29)15-22(32-25(35)17-5-2-1-3-6-17)26(36)31-19-9-11-20(12-10-19)38-16-23(34)33-27-30-13-14-37-27/h1-15H,16H2,(H,31,36)(H,32,35)(H,30,33,34)/b22-15-. The van der Waals surface area contributed by atoms with Crippen LogP contribution in [0.25, 0.3) is 6.08 Å². The summed E-state index contributed by atoms with van der Waals surface area (Å²) in [7, 11) is 0. The molecule has 0 bridgehead atoms. The maximum absolute atomic E-state index is 13.2. The molecule has 0 atom stereocenters. The number of nitrogens with one attached hydrogen (secondary N) is 3. The van der Waals surface area contributed by atoms with E-state index < -0.39 is 11.8 Å². The van der Waals surface area contributed by atoms with Crippen LogP contribution in [-0.2, 0) is 9.59 Å². The summed E-state index contributed by atoms with van der Waals surface area (Å²) in [6.07, 6.45) is 3.09. The van der Waals surface area contributed by atoms with Gasteiger partial charge < -0.3 is 16.0 Å². The van der Waals surface area contributed by atoms with Gasteiger partial charge >= 0.3 is 0 Å². The fraction of sp³-hybridized carbons (Fsp3) is 0.0370. The summed E-state index contributed by atoms with van der Waals surface area (Å²) in [6, 6.07) is 20.6. The van der Waals surface area contributed by atoms with Crippen molar-refractivity contribution in [3.8, 4) is 0 Å². The van der Waals surface area contributed by atoms with Gasteiger partial charge in [-0.3, -0.25) is 14.4 Å². The molecule has 3 amide bonds. The Morgan fingerprint density at radius 1 is 0.921 bits per heavy atom. The van der Waals surface area contributed by atoms with Crippen molar-refractivity contribution >= 4 is 80.9 Å². The molecule has 0 unspecified atom stereocenters. The lowest BCUT2D eigenvalue weighted by Gasteiger charge is -2.12. The fourth-order valence-corrected chi connectivity index (χ4v) is 4.76. The Bertz CT molecular complexity index is 1460. The van der Waals surface area contributed by atoms with E-state index in [9.17, 15) is 14.4 Å². The highest BCUT2D eigenvalue weighted by molar-refractivity contribution is 8.00. The predicted octanol–water partition coefficient (Wildman–Crippen LogP) is 6.59. The third-order valence-corrected chi connectivity index (χ3v) is 7.50. The molecule has 1 heterocycles. The first kappa shape index (κ1) is 27.4. The van der Waals surface area contributed by atoms with Gasteiger partial charge in [-0.2, -0.15) is 0 Å². The van der Waals surface area contributed by atoms with Crippen LogP contribution >= 0.6 is 46.3 Å². The third-order valence-electron chi connectivity index (χ3n) is 4.97. The zero-order chi connectivity index (χ0) is 26.9. The van der Waals surface area contributed by atoms with Gasteiger partial charge in [-0.1, -0.05) is 53.5 Å². The van der Waals surface area contributed by atoms with E-state index in [0.29, 0.717) is 27.0 Å². The number of hydrogen-bond acceptors (Lipinski definition) is 6. The van der Waals surface area contributed by atoms with Gasteiger partial charge in [0.25, 0.3) is 11.8 Å². The van der Waals surface area contributed by atoms with Crippen LogP contribution in [-0.4, -0.2) is 28.5 Å². The molecule has 0 aliphatic heterocycles. The van der Waals surface area contributed by atoms with Crippen molar-refractivity contribution in [1.29, 1.82) is 0 Å². The number of halogens is 2. The number of thioether (sulfide) groups is 1. The van der Waals surface area contributed by atoms with Crippen molar-refractivity contribution in [3.05, 3.63) is 111 Å². The summed E-state index contributed by atoms with van der Waals surface area (Å²) in [5.74, 6) is -0.947. The van der Waals surface area contributed by atoms with E-state index in [1.54, 1.807) is 84.4 Å². The number of amides is 3. The quantitative estimate of drug-likeness (QED) is 0.153. The van der Waals surface area contributed by atoms with Gasteiger partial charge in [0.15, 0.2) is 5.13 Å². The second-order valence-electron chi connectivity index (χ2n) is 7.67. The molecule has 7 nitrogen and oxygen atoms in total. The average molecular weight is 584 g/mol. The normalized spacial score (nSPS) is 11.1. The zero-order valence-electron chi connectivity index (χ0n) is 19.6. The first-order valence-corrected chi connectivity index (χ1v) is 13.8. The molecule has 0 aliphatic rings. The van der Waals surface area contributed by atoms with Crippen molar-refractivity contribution in [2.75, 3.05) is 16.4 Å². The molecule has 38 heavy (non-hydrogen) atoms. The lowest BCUT2D eigenvalue weighted by Crippen LogP contribution is -2.30. The van der Waals surface area contributed by atoms with Gasteiger partial charge in [-0.25, -0.2) is 4.98 Å². The molecule has 0 saturated carbocycles. The van der Waals surface area contributed by atoms with Crippen LogP contribution < -0.4 is 16.0 Å². The number of rotatable bonds is 9. The Labute approximate surface area is 237 Å². The molecule has 4 rings (SSSR count).